The largest absolute Gasteiger partial charge is 0.504 e. The SMILES string of the molecule is Oc1ccccc1OCc1nc(C2CC2)no1. The number of hydrogen-bond acceptors (Lipinski definition) is 5. The molecule has 1 N–H and O–H groups in total. The van der Waals surface area contributed by atoms with Crippen molar-refractivity contribution in [2.75, 3.05) is 0 Å². The van der Waals surface area contributed by atoms with Crippen LogP contribution < -0.4 is 4.74 Å². The summed E-state index contributed by atoms with van der Waals surface area (Å²) in [6.07, 6.45) is 2.28. The zero-order valence-corrected chi connectivity index (χ0v) is 9.17. The molecule has 5 nitrogen and oxygen atoms in total. The van der Waals surface area contributed by atoms with Crippen molar-refractivity contribution in [1.82, 2.24) is 10.1 Å². The van der Waals surface area contributed by atoms with E-state index in [4.69, 9.17) is 9.26 Å². The van der Waals surface area contributed by atoms with Gasteiger partial charge in [0.25, 0.3) is 5.89 Å². The van der Waals surface area contributed by atoms with Crippen molar-refractivity contribution in [2.24, 2.45) is 0 Å². The summed E-state index contributed by atoms with van der Waals surface area (Å²) >= 11 is 0. The van der Waals surface area contributed by atoms with E-state index in [2.05, 4.69) is 10.1 Å². The molecule has 0 radical (unpaired) electrons. The van der Waals surface area contributed by atoms with E-state index in [0.29, 0.717) is 17.6 Å². The summed E-state index contributed by atoms with van der Waals surface area (Å²) < 4.78 is 10.4. The highest BCUT2D eigenvalue weighted by Gasteiger charge is 2.28. The minimum atomic E-state index is 0.106. The van der Waals surface area contributed by atoms with Crippen molar-refractivity contribution in [3.05, 3.63) is 36.0 Å². The van der Waals surface area contributed by atoms with Crippen LogP contribution in [0.15, 0.2) is 28.8 Å². The molecule has 0 saturated heterocycles. The molecule has 3 rings (SSSR count). The number of nitrogens with zero attached hydrogens (tertiary/aromatic N) is 2. The van der Waals surface area contributed by atoms with Gasteiger partial charge >= 0.3 is 0 Å². The molecule has 1 heterocycles. The summed E-state index contributed by atoms with van der Waals surface area (Å²) in [5.74, 6) is 2.20. The summed E-state index contributed by atoms with van der Waals surface area (Å²) in [6, 6.07) is 6.78. The summed E-state index contributed by atoms with van der Waals surface area (Å²) in [7, 11) is 0. The van der Waals surface area contributed by atoms with Gasteiger partial charge in [-0.15, -0.1) is 0 Å². The van der Waals surface area contributed by atoms with Crippen LogP contribution in [0.1, 0.15) is 30.5 Å². The molecule has 1 saturated carbocycles. The Balaban J connectivity index is 1.65. The standard InChI is InChI=1S/C12H12N2O3/c15-9-3-1-2-4-10(9)16-7-11-13-12(14-17-11)8-5-6-8/h1-4,8,15H,5-7H2. The Bertz CT molecular complexity index is 520. The molecule has 0 aliphatic heterocycles. The van der Waals surface area contributed by atoms with E-state index < -0.39 is 0 Å². The monoisotopic (exact) mass is 232 g/mol. The smallest absolute Gasteiger partial charge is 0.264 e. The normalized spacial score (nSPS) is 14.8. The maximum Gasteiger partial charge on any atom is 0.264 e. The van der Waals surface area contributed by atoms with E-state index in [0.717, 1.165) is 18.7 Å². The number of phenolic OH excluding ortho intramolecular Hbond substituents is 1. The van der Waals surface area contributed by atoms with Crippen LogP contribution in [-0.2, 0) is 6.61 Å². The highest BCUT2D eigenvalue weighted by atomic mass is 16.5. The molecule has 1 aromatic carbocycles. The van der Waals surface area contributed by atoms with E-state index in [9.17, 15) is 5.11 Å². The van der Waals surface area contributed by atoms with Gasteiger partial charge in [-0.1, -0.05) is 17.3 Å². The quantitative estimate of drug-likeness (QED) is 0.875. The minimum Gasteiger partial charge on any atom is -0.504 e. The average Bonchev–Trinajstić information content (AvgIpc) is 3.08. The van der Waals surface area contributed by atoms with Gasteiger partial charge in [-0.05, 0) is 25.0 Å². The first-order valence-electron chi connectivity index (χ1n) is 5.56. The number of hydrogen-bond donors (Lipinski definition) is 1. The van der Waals surface area contributed by atoms with Crippen LogP contribution in [0, 0.1) is 0 Å². The predicted octanol–water partition coefficient (Wildman–Crippen LogP) is 2.23. The fourth-order valence-corrected chi connectivity index (χ4v) is 1.55. The third kappa shape index (κ3) is 2.22. The van der Waals surface area contributed by atoms with Gasteiger partial charge in [0.2, 0.25) is 0 Å². The highest BCUT2D eigenvalue weighted by Crippen LogP contribution is 2.38. The zero-order valence-electron chi connectivity index (χ0n) is 9.17. The summed E-state index contributed by atoms with van der Waals surface area (Å²) in [5, 5.41) is 13.4. The fraction of sp³-hybridized carbons (Fsp3) is 0.333. The zero-order chi connectivity index (χ0) is 11.7. The lowest BCUT2D eigenvalue weighted by molar-refractivity contribution is 0.234. The Labute approximate surface area is 98.0 Å². The topological polar surface area (TPSA) is 68.4 Å². The molecule has 2 aromatic rings. The van der Waals surface area contributed by atoms with Crippen LogP contribution >= 0.6 is 0 Å². The Morgan fingerprint density at radius 2 is 2.18 bits per heavy atom. The molecule has 1 fully saturated rings. The number of rotatable bonds is 4. The Morgan fingerprint density at radius 1 is 1.35 bits per heavy atom. The lowest BCUT2D eigenvalue weighted by atomic mass is 10.3. The second kappa shape index (κ2) is 4.08. The molecule has 1 aliphatic rings. The third-order valence-electron chi connectivity index (χ3n) is 2.64. The molecular weight excluding hydrogens is 220 g/mol. The Hall–Kier alpha value is -2.04. The number of aromatic nitrogens is 2. The average molecular weight is 232 g/mol. The van der Waals surface area contributed by atoms with Crippen molar-refractivity contribution < 1.29 is 14.4 Å². The fourth-order valence-electron chi connectivity index (χ4n) is 1.55. The molecule has 17 heavy (non-hydrogen) atoms. The van der Waals surface area contributed by atoms with Crippen LogP contribution in [0.5, 0.6) is 11.5 Å². The number of para-hydroxylation sites is 2. The van der Waals surface area contributed by atoms with E-state index in [1.807, 2.05) is 0 Å². The van der Waals surface area contributed by atoms with Gasteiger partial charge in [0.1, 0.15) is 0 Å². The molecule has 0 amide bonds. The second-order valence-corrected chi connectivity index (χ2v) is 4.08. The number of aromatic hydroxyl groups is 1. The summed E-state index contributed by atoms with van der Waals surface area (Å²) in [6.45, 7) is 0.178. The molecule has 1 aromatic heterocycles. The van der Waals surface area contributed by atoms with E-state index >= 15 is 0 Å². The van der Waals surface area contributed by atoms with Gasteiger partial charge in [-0.25, -0.2) is 0 Å². The van der Waals surface area contributed by atoms with E-state index in [1.165, 1.54) is 0 Å². The van der Waals surface area contributed by atoms with Crippen molar-refractivity contribution in [3.8, 4) is 11.5 Å². The van der Waals surface area contributed by atoms with Crippen LogP contribution in [0.25, 0.3) is 0 Å². The minimum absolute atomic E-state index is 0.106. The van der Waals surface area contributed by atoms with Crippen molar-refractivity contribution in [1.29, 1.82) is 0 Å². The highest BCUT2D eigenvalue weighted by molar-refractivity contribution is 5.37. The maximum absolute atomic E-state index is 9.50. The van der Waals surface area contributed by atoms with Crippen molar-refractivity contribution in [3.63, 3.8) is 0 Å². The van der Waals surface area contributed by atoms with E-state index in [-0.39, 0.29) is 12.4 Å². The first-order chi connectivity index (χ1) is 8.33. The van der Waals surface area contributed by atoms with Gasteiger partial charge in [0.15, 0.2) is 23.9 Å². The van der Waals surface area contributed by atoms with Crippen LogP contribution in [0.2, 0.25) is 0 Å². The van der Waals surface area contributed by atoms with Gasteiger partial charge in [-0.2, -0.15) is 4.98 Å². The molecule has 0 spiro atoms. The lowest BCUT2D eigenvalue weighted by Crippen LogP contribution is -1.96. The van der Waals surface area contributed by atoms with Gasteiger partial charge in [0, 0.05) is 5.92 Å². The van der Waals surface area contributed by atoms with Crippen molar-refractivity contribution >= 4 is 0 Å². The summed E-state index contributed by atoms with van der Waals surface area (Å²) in [4.78, 5) is 4.23. The molecular formula is C12H12N2O3. The summed E-state index contributed by atoms with van der Waals surface area (Å²) in [5.41, 5.74) is 0. The van der Waals surface area contributed by atoms with Crippen LogP contribution in [0.4, 0.5) is 0 Å². The van der Waals surface area contributed by atoms with Gasteiger partial charge in [0.05, 0.1) is 0 Å². The Kier molecular flexibility index (Phi) is 2.44. The maximum atomic E-state index is 9.50. The molecule has 0 bridgehead atoms. The van der Waals surface area contributed by atoms with Gasteiger partial charge in [-0.3, -0.25) is 0 Å². The molecule has 1 aliphatic carbocycles. The molecule has 88 valence electrons. The predicted molar refractivity (Wildman–Crippen MR) is 58.7 cm³/mol. The molecule has 5 heteroatoms. The molecule has 0 atom stereocenters. The Morgan fingerprint density at radius 3 is 2.94 bits per heavy atom. The van der Waals surface area contributed by atoms with Gasteiger partial charge < -0.3 is 14.4 Å². The lowest BCUT2D eigenvalue weighted by Gasteiger charge is -2.04. The number of phenols is 1. The third-order valence-corrected chi connectivity index (χ3v) is 2.64. The number of ether oxygens (including phenoxy) is 1. The first kappa shape index (κ1) is 10.1. The molecule has 0 unspecified atom stereocenters. The first-order valence-corrected chi connectivity index (χ1v) is 5.56. The van der Waals surface area contributed by atoms with Crippen molar-refractivity contribution in [2.45, 2.75) is 25.4 Å². The van der Waals surface area contributed by atoms with E-state index in [1.54, 1.807) is 24.3 Å². The van der Waals surface area contributed by atoms with Crippen LogP contribution in [0.3, 0.4) is 0 Å². The number of benzene rings is 1. The van der Waals surface area contributed by atoms with Crippen LogP contribution in [-0.4, -0.2) is 15.2 Å². The second-order valence-electron chi connectivity index (χ2n) is 4.08.